The minimum Gasteiger partial charge on any atom is -0.273 e. The minimum atomic E-state index is -0.816. The summed E-state index contributed by atoms with van der Waals surface area (Å²) in [6.07, 6.45) is 1.31. The molecule has 0 radical (unpaired) electrons. The maximum Gasteiger partial charge on any atom is 0.335 e. The lowest BCUT2D eigenvalue weighted by atomic mass is 10.1. The summed E-state index contributed by atoms with van der Waals surface area (Å²) in [5, 5.41) is 2.13. The number of hydrogen-bond donors (Lipinski definition) is 1. The highest BCUT2D eigenvalue weighted by atomic mass is 79.9. The number of urea groups is 1. The molecule has 0 unspecified atom stereocenters. The van der Waals surface area contributed by atoms with Crippen LogP contribution in [0.25, 0.3) is 6.08 Å². The van der Waals surface area contributed by atoms with Crippen LogP contribution < -0.4 is 10.2 Å². The van der Waals surface area contributed by atoms with Gasteiger partial charge < -0.3 is 0 Å². The van der Waals surface area contributed by atoms with Gasteiger partial charge in [-0.1, -0.05) is 28.1 Å². The molecule has 1 aliphatic rings. The Labute approximate surface area is 144 Å². The van der Waals surface area contributed by atoms with Crippen LogP contribution in [0.4, 0.5) is 14.9 Å². The predicted octanol–water partition coefficient (Wildman–Crippen LogP) is 3.25. The molecule has 24 heavy (non-hydrogen) atoms. The molecule has 0 bridgehead atoms. The number of carbonyl (C=O) groups excluding carboxylic acids is 3. The van der Waals surface area contributed by atoms with Gasteiger partial charge in [0.15, 0.2) is 0 Å². The van der Waals surface area contributed by atoms with E-state index >= 15 is 0 Å². The molecule has 1 aliphatic heterocycles. The Balaban J connectivity index is 1.99. The number of hydrogen-bond acceptors (Lipinski definition) is 3. The minimum absolute atomic E-state index is 0.205. The smallest absolute Gasteiger partial charge is 0.273 e. The van der Waals surface area contributed by atoms with Gasteiger partial charge in [-0.05, 0) is 48.0 Å². The van der Waals surface area contributed by atoms with Crippen LogP contribution in [0.2, 0.25) is 0 Å². The van der Waals surface area contributed by atoms with Crippen molar-refractivity contribution in [3.8, 4) is 0 Å². The van der Waals surface area contributed by atoms with E-state index in [0.29, 0.717) is 11.3 Å². The highest BCUT2D eigenvalue weighted by Gasteiger charge is 2.36. The van der Waals surface area contributed by atoms with E-state index in [1.807, 2.05) is 0 Å². The van der Waals surface area contributed by atoms with Crippen molar-refractivity contribution >= 4 is 45.5 Å². The average molecular weight is 389 g/mol. The van der Waals surface area contributed by atoms with E-state index in [2.05, 4.69) is 21.2 Å². The first-order valence-corrected chi connectivity index (χ1v) is 7.67. The van der Waals surface area contributed by atoms with Gasteiger partial charge in [0.05, 0.1) is 5.69 Å². The summed E-state index contributed by atoms with van der Waals surface area (Å²) in [7, 11) is 0. The number of nitrogens with zero attached hydrogens (tertiary/aromatic N) is 1. The lowest BCUT2D eigenvalue weighted by Crippen LogP contribution is -2.54. The standard InChI is InChI=1S/C17H10BrFN2O3/c18-11-3-7-13(8-4-11)21-16(23)14(15(22)20-17(21)24)9-10-1-5-12(19)6-2-10/h1-9H,(H,20,22,24)/b14-9-. The maximum atomic E-state index is 13.0. The number of rotatable bonds is 2. The van der Waals surface area contributed by atoms with Crippen molar-refractivity contribution in [2.24, 2.45) is 0 Å². The van der Waals surface area contributed by atoms with Gasteiger partial charge in [-0.2, -0.15) is 0 Å². The fourth-order valence-electron chi connectivity index (χ4n) is 2.21. The van der Waals surface area contributed by atoms with Crippen molar-refractivity contribution in [1.29, 1.82) is 0 Å². The van der Waals surface area contributed by atoms with Crippen LogP contribution in [0.3, 0.4) is 0 Å². The lowest BCUT2D eigenvalue weighted by Gasteiger charge is -2.26. The van der Waals surface area contributed by atoms with Gasteiger partial charge in [-0.3, -0.25) is 14.9 Å². The van der Waals surface area contributed by atoms with Crippen molar-refractivity contribution in [1.82, 2.24) is 5.32 Å². The first-order chi connectivity index (χ1) is 11.5. The molecular weight excluding hydrogens is 379 g/mol. The van der Waals surface area contributed by atoms with E-state index in [1.165, 1.54) is 30.3 Å². The molecule has 2 aromatic rings. The Morgan fingerprint density at radius 3 is 2.21 bits per heavy atom. The van der Waals surface area contributed by atoms with Gasteiger partial charge in [-0.15, -0.1) is 0 Å². The molecule has 4 amide bonds. The summed E-state index contributed by atoms with van der Waals surface area (Å²) in [5.41, 5.74) is 0.599. The van der Waals surface area contributed by atoms with Crippen LogP contribution in [-0.2, 0) is 9.59 Å². The van der Waals surface area contributed by atoms with Crippen LogP contribution in [0.1, 0.15) is 5.56 Å². The number of nitrogens with one attached hydrogen (secondary N) is 1. The third kappa shape index (κ3) is 3.11. The number of carbonyl (C=O) groups is 3. The van der Waals surface area contributed by atoms with Crippen LogP contribution in [0, 0.1) is 5.82 Å². The predicted molar refractivity (Wildman–Crippen MR) is 89.5 cm³/mol. The molecule has 7 heteroatoms. The summed E-state index contributed by atoms with van der Waals surface area (Å²) in [6.45, 7) is 0. The molecule has 3 rings (SSSR count). The van der Waals surface area contributed by atoms with Gasteiger partial charge in [0.2, 0.25) is 0 Å². The number of barbiturate groups is 1. The quantitative estimate of drug-likeness (QED) is 0.634. The van der Waals surface area contributed by atoms with Crippen molar-refractivity contribution < 1.29 is 18.8 Å². The topological polar surface area (TPSA) is 66.5 Å². The normalized spacial score (nSPS) is 16.5. The Hall–Kier alpha value is -2.80. The second-order valence-corrected chi connectivity index (χ2v) is 5.90. The van der Waals surface area contributed by atoms with E-state index in [4.69, 9.17) is 0 Å². The summed E-state index contributed by atoms with van der Waals surface area (Å²) < 4.78 is 13.7. The maximum absolute atomic E-state index is 13.0. The van der Waals surface area contributed by atoms with E-state index in [0.717, 1.165) is 9.37 Å². The zero-order chi connectivity index (χ0) is 17.3. The highest BCUT2D eigenvalue weighted by Crippen LogP contribution is 2.23. The highest BCUT2D eigenvalue weighted by molar-refractivity contribution is 9.10. The first kappa shape index (κ1) is 16.1. The Kier molecular flexibility index (Phi) is 4.26. The molecule has 0 spiro atoms. The number of anilines is 1. The Bertz CT molecular complexity index is 860. The molecule has 1 heterocycles. The SMILES string of the molecule is O=C1NC(=O)N(c2ccc(Br)cc2)C(=O)/C1=C\c1ccc(F)cc1. The van der Waals surface area contributed by atoms with Gasteiger partial charge >= 0.3 is 6.03 Å². The number of benzene rings is 2. The molecule has 0 atom stereocenters. The Morgan fingerprint density at radius 1 is 0.958 bits per heavy atom. The third-order valence-corrected chi connectivity index (χ3v) is 3.90. The summed E-state index contributed by atoms with van der Waals surface area (Å²) in [6, 6.07) is 11.0. The van der Waals surface area contributed by atoms with Crippen LogP contribution in [0.5, 0.6) is 0 Å². The molecule has 2 aromatic carbocycles. The van der Waals surface area contributed by atoms with E-state index in [9.17, 15) is 18.8 Å². The molecule has 1 saturated heterocycles. The lowest BCUT2D eigenvalue weighted by molar-refractivity contribution is -0.122. The Morgan fingerprint density at radius 2 is 1.58 bits per heavy atom. The number of amides is 4. The van der Waals surface area contributed by atoms with Gasteiger partial charge in [0.1, 0.15) is 11.4 Å². The zero-order valence-corrected chi connectivity index (χ0v) is 13.7. The van der Waals surface area contributed by atoms with Crippen molar-refractivity contribution in [2.75, 3.05) is 4.90 Å². The van der Waals surface area contributed by atoms with Crippen molar-refractivity contribution in [3.63, 3.8) is 0 Å². The summed E-state index contributed by atoms with van der Waals surface area (Å²) in [5.74, 6) is -1.96. The fraction of sp³-hybridized carbons (Fsp3) is 0. The third-order valence-electron chi connectivity index (χ3n) is 3.37. The molecule has 0 saturated carbocycles. The molecule has 1 N–H and O–H groups in total. The first-order valence-electron chi connectivity index (χ1n) is 6.88. The largest absolute Gasteiger partial charge is 0.335 e. The van der Waals surface area contributed by atoms with Crippen LogP contribution >= 0.6 is 15.9 Å². The second-order valence-electron chi connectivity index (χ2n) is 4.99. The molecule has 120 valence electrons. The molecular formula is C17H10BrFN2O3. The zero-order valence-electron chi connectivity index (χ0n) is 12.1. The molecule has 1 fully saturated rings. The number of imide groups is 2. The monoisotopic (exact) mass is 388 g/mol. The molecule has 0 aromatic heterocycles. The van der Waals surface area contributed by atoms with E-state index in [1.54, 1.807) is 24.3 Å². The average Bonchev–Trinajstić information content (AvgIpc) is 2.55. The van der Waals surface area contributed by atoms with E-state index < -0.39 is 23.7 Å². The van der Waals surface area contributed by atoms with Gasteiger partial charge in [0, 0.05) is 4.47 Å². The van der Waals surface area contributed by atoms with Crippen LogP contribution in [-0.4, -0.2) is 17.8 Å². The fourth-order valence-corrected chi connectivity index (χ4v) is 2.47. The van der Waals surface area contributed by atoms with Crippen molar-refractivity contribution in [3.05, 3.63) is 70.0 Å². The molecule has 5 nitrogen and oxygen atoms in total. The van der Waals surface area contributed by atoms with Gasteiger partial charge in [0.25, 0.3) is 11.8 Å². The van der Waals surface area contributed by atoms with Gasteiger partial charge in [-0.25, -0.2) is 14.1 Å². The summed E-state index contributed by atoms with van der Waals surface area (Å²) >= 11 is 3.27. The summed E-state index contributed by atoms with van der Waals surface area (Å²) in [4.78, 5) is 37.5. The van der Waals surface area contributed by atoms with Crippen molar-refractivity contribution in [2.45, 2.75) is 0 Å². The molecule has 0 aliphatic carbocycles. The second kappa shape index (κ2) is 6.37. The number of halogens is 2. The van der Waals surface area contributed by atoms with Crippen LogP contribution in [0.15, 0.2) is 58.6 Å². The van der Waals surface area contributed by atoms with E-state index in [-0.39, 0.29) is 5.57 Å².